The summed E-state index contributed by atoms with van der Waals surface area (Å²) in [5, 5.41) is 12.7. The lowest BCUT2D eigenvalue weighted by Gasteiger charge is -2.10. The molecule has 0 aliphatic heterocycles. The van der Waals surface area contributed by atoms with Crippen molar-refractivity contribution in [1.82, 2.24) is 0 Å². The molecule has 0 spiro atoms. The van der Waals surface area contributed by atoms with Crippen LogP contribution in [0.3, 0.4) is 0 Å². The van der Waals surface area contributed by atoms with Crippen LogP contribution in [0.4, 0.5) is 5.00 Å². The summed E-state index contributed by atoms with van der Waals surface area (Å²) in [5.41, 5.74) is 1.91. The van der Waals surface area contributed by atoms with Crippen LogP contribution in [0, 0.1) is 17.2 Å². The van der Waals surface area contributed by atoms with Crippen LogP contribution < -0.4 is 10.1 Å². The molecule has 0 saturated heterocycles. The molecule has 0 bridgehead atoms. The van der Waals surface area contributed by atoms with Gasteiger partial charge in [-0.1, -0.05) is 19.9 Å². The highest BCUT2D eigenvalue weighted by Crippen LogP contribution is 2.37. The highest BCUT2D eigenvalue weighted by molar-refractivity contribution is 7.16. The Labute approximate surface area is 174 Å². The first-order valence-corrected chi connectivity index (χ1v) is 10.5. The third kappa shape index (κ3) is 5.36. The minimum Gasteiger partial charge on any atom is -0.493 e. The summed E-state index contributed by atoms with van der Waals surface area (Å²) < 4.78 is 10.7. The maximum Gasteiger partial charge on any atom is 0.338 e. The highest BCUT2D eigenvalue weighted by Gasteiger charge is 2.22. The van der Waals surface area contributed by atoms with Crippen molar-refractivity contribution in [1.29, 1.82) is 5.26 Å². The van der Waals surface area contributed by atoms with Gasteiger partial charge in [0.25, 0.3) is 5.91 Å². The third-order valence-corrected chi connectivity index (χ3v) is 5.73. The van der Waals surface area contributed by atoms with E-state index < -0.39 is 18.5 Å². The third-order valence-electron chi connectivity index (χ3n) is 4.52. The van der Waals surface area contributed by atoms with Crippen molar-refractivity contribution in [3.05, 3.63) is 45.8 Å². The van der Waals surface area contributed by atoms with E-state index in [0.29, 0.717) is 34.4 Å². The SMILES string of the molecule is CC(C)COc1cccc(C(=O)OCC(=O)Nc2sc3c(c2C#N)CCCC3)c1. The predicted octanol–water partition coefficient (Wildman–Crippen LogP) is 4.33. The number of nitrogens with zero attached hydrogens (tertiary/aromatic N) is 1. The molecule has 1 aromatic heterocycles. The Balaban J connectivity index is 1.57. The van der Waals surface area contributed by atoms with Crippen molar-refractivity contribution in [3.8, 4) is 11.8 Å². The van der Waals surface area contributed by atoms with E-state index in [1.165, 1.54) is 16.2 Å². The Kier molecular flexibility index (Phi) is 6.89. The number of anilines is 1. The van der Waals surface area contributed by atoms with Crippen molar-refractivity contribution >= 4 is 28.2 Å². The number of hydrogen-bond donors (Lipinski definition) is 1. The van der Waals surface area contributed by atoms with E-state index in [1.807, 2.05) is 13.8 Å². The molecule has 1 aliphatic carbocycles. The van der Waals surface area contributed by atoms with Crippen LogP contribution in [-0.2, 0) is 22.4 Å². The van der Waals surface area contributed by atoms with Crippen LogP contribution >= 0.6 is 11.3 Å². The molecule has 0 radical (unpaired) electrons. The Morgan fingerprint density at radius 1 is 1.28 bits per heavy atom. The molecule has 152 valence electrons. The number of hydrogen-bond acceptors (Lipinski definition) is 6. The minimum absolute atomic E-state index is 0.323. The fourth-order valence-electron chi connectivity index (χ4n) is 3.13. The van der Waals surface area contributed by atoms with Gasteiger partial charge < -0.3 is 14.8 Å². The van der Waals surface area contributed by atoms with Gasteiger partial charge in [-0.05, 0) is 55.4 Å². The molecule has 1 aliphatic rings. The lowest BCUT2D eigenvalue weighted by atomic mass is 9.96. The number of nitriles is 1. The largest absolute Gasteiger partial charge is 0.493 e. The van der Waals surface area contributed by atoms with Crippen molar-refractivity contribution in [3.63, 3.8) is 0 Å². The number of benzene rings is 1. The number of carbonyl (C=O) groups excluding carboxylic acids is 2. The lowest BCUT2D eigenvalue weighted by molar-refractivity contribution is -0.119. The van der Waals surface area contributed by atoms with Crippen LogP contribution in [0.15, 0.2) is 24.3 Å². The van der Waals surface area contributed by atoms with Gasteiger partial charge in [0.2, 0.25) is 0 Å². The number of amides is 1. The number of nitrogens with one attached hydrogen (secondary N) is 1. The van der Waals surface area contributed by atoms with E-state index in [1.54, 1.807) is 24.3 Å². The molecule has 1 amide bonds. The van der Waals surface area contributed by atoms with Crippen molar-refractivity contribution < 1.29 is 19.1 Å². The van der Waals surface area contributed by atoms with Crippen LogP contribution in [0.1, 0.15) is 53.1 Å². The fraction of sp³-hybridized carbons (Fsp3) is 0.409. The Hall–Kier alpha value is -2.85. The van der Waals surface area contributed by atoms with Crippen LogP contribution in [0.2, 0.25) is 0 Å². The van der Waals surface area contributed by atoms with Gasteiger partial charge in [0, 0.05) is 4.88 Å². The molecule has 2 aromatic rings. The summed E-state index contributed by atoms with van der Waals surface area (Å²) in [7, 11) is 0. The zero-order valence-corrected chi connectivity index (χ0v) is 17.4. The molecule has 6 nitrogen and oxygen atoms in total. The second-order valence-electron chi connectivity index (χ2n) is 7.38. The van der Waals surface area contributed by atoms with Crippen LogP contribution in [-0.4, -0.2) is 25.1 Å². The number of esters is 1. The number of ether oxygens (including phenoxy) is 2. The van der Waals surface area contributed by atoms with E-state index in [0.717, 1.165) is 31.2 Å². The van der Waals surface area contributed by atoms with Gasteiger partial charge in [0.1, 0.15) is 16.8 Å². The Morgan fingerprint density at radius 3 is 2.83 bits per heavy atom. The topological polar surface area (TPSA) is 88.4 Å². The average Bonchev–Trinajstić information content (AvgIpc) is 3.07. The summed E-state index contributed by atoms with van der Waals surface area (Å²) in [6.07, 6.45) is 3.97. The molecule has 0 unspecified atom stereocenters. The molecule has 0 fully saturated rings. The number of thiophene rings is 1. The number of carbonyl (C=O) groups is 2. The van der Waals surface area contributed by atoms with E-state index >= 15 is 0 Å². The van der Waals surface area contributed by atoms with Gasteiger partial charge in [-0.3, -0.25) is 4.79 Å². The monoisotopic (exact) mass is 412 g/mol. The molecular formula is C22H24N2O4S. The van der Waals surface area contributed by atoms with E-state index in [4.69, 9.17) is 9.47 Å². The average molecular weight is 413 g/mol. The van der Waals surface area contributed by atoms with E-state index in [9.17, 15) is 14.9 Å². The number of aryl methyl sites for hydroxylation is 1. The van der Waals surface area contributed by atoms with Crippen molar-refractivity contribution in [2.24, 2.45) is 5.92 Å². The van der Waals surface area contributed by atoms with Crippen LogP contribution in [0.5, 0.6) is 5.75 Å². The molecule has 0 atom stereocenters. The second-order valence-corrected chi connectivity index (χ2v) is 8.49. The maximum absolute atomic E-state index is 12.3. The quantitative estimate of drug-likeness (QED) is 0.684. The lowest BCUT2D eigenvalue weighted by Crippen LogP contribution is -2.21. The minimum atomic E-state index is -0.596. The van der Waals surface area contributed by atoms with E-state index in [-0.39, 0.29) is 0 Å². The smallest absolute Gasteiger partial charge is 0.338 e. The molecule has 29 heavy (non-hydrogen) atoms. The zero-order valence-electron chi connectivity index (χ0n) is 16.6. The Morgan fingerprint density at radius 2 is 2.07 bits per heavy atom. The highest BCUT2D eigenvalue weighted by atomic mass is 32.1. The van der Waals surface area contributed by atoms with Gasteiger partial charge in [0.05, 0.1) is 17.7 Å². The number of fused-ring (bicyclic) bond motifs is 1. The Bertz CT molecular complexity index is 943. The van der Waals surface area contributed by atoms with E-state index in [2.05, 4.69) is 11.4 Å². The second kappa shape index (κ2) is 9.57. The summed E-state index contributed by atoms with van der Waals surface area (Å²) in [4.78, 5) is 25.7. The maximum atomic E-state index is 12.3. The van der Waals surface area contributed by atoms with Crippen molar-refractivity contribution in [2.75, 3.05) is 18.5 Å². The van der Waals surface area contributed by atoms with Crippen LogP contribution in [0.25, 0.3) is 0 Å². The van der Waals surface area contributed by atoms with Crippen molar-refractivity contribution in [2.45, 2.75) is 39.5 Å². The molecule has 1 aromatic carbocycles. The molecular weight excluding hydrogens is 388 g/mol. The summed E-state index contributed by atoms with van der Waals surface area (Å²) in [5.74, 6) is -0.0993. The molecule has 0 saturated carbocycles. The summed E-state index contributed by atoms with van der Waals surface area (Å²) in [6, 6.07) is 8.90. The first-order chi connectivity index (χ1) is 14.0. The number of rotatable bonds is 7. The summed E-state index contributed by atoms with van der Waals surface area (Å²) >= 11 is 1.44. The normalized spacial score (nSPS) is 12.8. The van der Waals surface area contributed by atoms with Gasteiger partial charge in [0.15, 0.2) is 6.61 Å². The van der Waals surface area contributed by atoms with Gasteiger partial charge in [-0.15, -0.1) is 11.3 Å². The predicted molar refractivity (Wildman–Crippen MR) is 111 cm³/mol. The first-order valence-electron chi connectivity index (χ1n) is 9.72. The fourth-order valence-corrected chi connectivity index (χ4v) is 4.38. The standard InChI is InChI=1S/C22H24N2O4S/c1-14(2)12-27-16-7-5-6-15(10-16)22(26)28-13-20(25)24-21-18(11-23)17-8-3-4-9-19(17)29-21/h5-7,10,14H,3-4,8-9,12-13H2,1-2H3,(H,24,25). The van der Waals surface area contributed by atoms with Gasteiger partial charge in [-0.25, -0.2) is 4.79 Å². The zero-order chi connectivity index (χ0) is 20.8. The molecule has 1 heterocycles. The first kappa shape index (κ1) is 20.9. The molecule has 1 N–H and O–H groups in total. The molecule has 3 rings (SSSR count). The van der Waals surface area contributed by atoms with Gasteiger partial charge >= 0.3 is 5.97 Å². The summed E-state index contributed by atoms with van der Waals surface area (Å²) in [6.45, 7) is 4.22. The van der Waals surface area contributed by atoms with Gasteiger partial charge in [-0.2, -0.15) is 5.26 Å². The molecule has 7 heteroatoms.